The highest BCUT2D eigenvalue weighted by molar-refractivity contribution is 5.89. The third-order valence-electron chi connectivity index (χ3n) is 4.25. The summed E-state index contributed by atoms with van der Waals surface area (Å²) in [6, 6.07) is 6.28. The smallest absolute Gasteiger partial charge is 0.319 e. The maximum atomic E-state index is 12.0. The Morgan fingerprint density at radius 2 is 2.05 bits per heavy atom. The summed E-state index contributed by atoms with van der Waals surface area (Å²) < 4.78 is 10.6. The zero-order chi connectivity index (χ0) is 14.2. The molecule has 2 N–H and O–H groups in total. The Labute approximate surface area is 123 Å². The van der Waals surface area contributed by atoms with Crippen molar-refractivity contribution in [3.63, 3.8) is 0 Å². The molecule has 0 bridgehead atoms. The molecule has 0 spiro atoms. The van der Waals surface area contributed by atoms with Gasteiger partial charge in [0.05, 0.1) is 0 Å². The number of urea groups is 1. The molecule has 1 unspecified atom stereocenters. The number of nitrogens with zero attached hydrogens (tertiary/aromatic N) is 1. The summed E-state index contributed by atoms with van der Waals surface area (Å²) in [4.78, 5) is 14.5. The summed E-state index contributed by atoms with van der Waals surface area (Å²) in [7, 11) is 0. The van der Waals surface area contributed by atoms with Crippen molar-refractivity contribution in [1.29, 1.82) is 0 Å². The first-order valence-electron chi connectivity index (χ1n) is 7.49. The van der Waals surface area contributed by atoms with Gasteiger partial charge in [-0.25, -0.2) is 4.79 Å². The molecule has 2 aliphatic heterocycles. The number of fused-ring (bicyclic) bond motifs is 1. The van der Waals surface area contributed by atoms with E-state index in [9.17, 15) is 4.79 Å². The van der Waals surface area contributed by atoms with Crippen LogP contribution >= 0.6 is 0 Å². The zero-order valence-corrected chi connectivity index (χ0v) is 11.8. The molecule has 0 aromatic heterocycles. The van der Waals surface area contributed by atoms with Crippen LogP contribution in [0.4, 0.5) is 10.5 Å². The predicted octanol–water partition coefficient (Wildman–Crippen LogP) is 1.77. The van der Waals surface area contributed by atoms with E-state index in [1.807, 2.05) is 12.1 Å². The lowest BCUT2D eigenvalue weighted by molar-refractivity contribution is 0.174. The van der Waals surface area contributed by atoms with Gasteiger partial charge in [-0.05, 0) is 31.4 Å². The van der Waals surface area contributed by atoms with E-state index >= 15 is 0 Å². The van der Waals surface area contributed by atoms with Gasteiger partial charge in [-0.15, -0.1) is 0 Å². The van der Waals surface area contributed by atoms with Gasteiger partial charge in [0, 0.05) is 36.9 Å². The monoisotopic (exact) mass is 289 g/mol. The lowest BCUT2D eigenvalue weighted by Gasteiger charge is -2.16. The first kappa shape index (κ1) is 12.8. The van der Waals surface area contributed by atoms with Gasteiger partial charge in [-0.2, -0.15) is 0 Å². The largest absolute Gasteiger partial charge is 0.454 e. The average molecular weight is 289 g/mol. The van der Waals surface area contributed by atoms with Crippen LogP contribution in [-0.4, -0.2) is 42.9 Å². The highest BCUT2D eigenvalue weighted by Gasteiger charge is 2.34. The van der Waals surface area contributed by atoms with Gasteiger partial charge in [0.2, 0.25) is 6.79 Å². The Hall–Kier alpha value is -1.95. The highest BCUT2D eigenvalue weighted by atomic mass is 16.7. The second kappa shape index (κ2) is 5.11. The Bertz CT molecular complexity index is 559. The third kappa shape index (κ3) is 2.76. The molecule has 1 saturated heterocycles. The van der Waals surface area contributed by atoms with Crippen LogP contribution in [0.15, 0.2) is 18.2 Å². The number of carbonyl (C=O) groups excluding carboxylic acids is 1. The fourth-order valence-electron chi connectivity index (χ4n) is 3.00. The minimum atomic E-state index is -0.156. The van der Waals surface area contributed by atoms with Crippen LogP contribution in [0.2, 0.25) is 0 Å². The fourth-order valence-corrected chi connectivity index (χ4v) is 3.00. The second-order valence-electron chi connectivity index (χ2n) is 5.88. The molecule has 2 fully saturated rings. The minimum absolute atomic E-state index is 0.156. The lowest BCUT2D eigenvalue weighted by Crippen LogP contribution is -2.40. The van der Waals surface area contributed by atoms with Crippen LogP contribution in [0.5, 0.6) is 11.5 Å². The quantitative estimate of drug-likeness (QED) is 0.890. The number of likely N-dealkylation sites (tertiary alicyclic amines) is 1. The molecular weight excluding hydrogens is 270 g/mol. The standard InChI is InChI=1S/C15H19N3O3/c19-15(17-11-5-6-18(8-11)12-2-3-12)16-10-1-4-13-14(7-10)21-9-20-13/h1,4,7,11-12H,2-3,5-6,8-9H2,(H2,16,17,19). The molecule has 1 saturated carbocycles. The molecule has 3 aliphatic rings. The van der Waals surface area contributed by atoms with Gasteiger partial charge < -0.3 is 20.1 Å². The van der Waals surface area contributed by atoms with E-state index in [0.717, 1.165) is 31.3 Å². The van der Waals surface area contributed by atoms with Crippen LogP contribution in [0.25, 0.3) is 0 Å². The summed E-state index contributed by atoms with van der Waals surface area (Å²) in [5.74, 6) is 1.39. The molecule has 1 atom stereocenters. The van der Waals surface area contributed by atoms with Crippen molar-refractivity contribution in [2.24, 2.45) is 0 Å². The van der Waals surface area contributed by atoms with E-state index in [2.05, 4.69) is 15.5 Å². The molecule has 2 amide bonds. The van der Waals surface area contributed by atoms with Crippen molar-refractivity contribution in [2.75, 3.05) is 25.2 Å². The number of anilines is 1. The lowest BCUT2D eigenvalue weighted by atomic mass is 10.2. The van der Waals surface area contributed by atoms with Crippen molar-refractivity contribution >= 4 is 11.7 Å². The zero-order valence-electron chi connectivity index (χ0n) is 11.8. The number of benzene rings is 1. The Kier molecular flexibility index (Phi) is 3.11. The van der Waals surface area contributed by atoms with Gasteiger partial charge in [0.25, 0.3) is 0 Å². The molecule has 21 heavy (non-hydrogen) atoms. The topological polar surface area (TPSA) is 62.8 Å². The minimum Gasteiger partial charge on any atom is -0.454 e. The molecule has 2 heterocycles. The molecular formula is C15H19N3O3. The summed E-state index contributed by atoms with van der Waals surface area (Å²) in [6.45, 7) is 2.31. The van der Waals surface area contributed by atoms with Gasteiger partial charge in [0.15, 0.2) is 11.5 Å². The summed E-state index contributed by atoms with van der Waals surface area (Å²) >= 11 is 0. The van der Waals surface area contributed by atoms with Crippen molar-refractivity contribution in [1.82, 2.24) is 10.2 Å². The SMILES string of the molecule is O=C(Nc1ccc2c(c1)OCO2)NC1CCN(C2CC2)C1. The maximum absolute atomic E-state index is 12.0. The number of ether oxygens (including phenoxy) is 2. The van der Waals surface area contributed by atoms with E-state index in [1.165, 1.54) is 12.8 Å². The highest BCUT2D eigenvalue weighted by Crippen LogP contribution is 2.34. The molecule has 4 rings (SSSR count). The molecule has 112 valence electrons. The molecule has 1 aromatic rings. The first-order chi connectivity index (χ1) is 10.3. The number of carbonyl (C=O) groups is 1. The molecule has 6 heteroatoms. The van der Waals surface area contributed by atoms with Crippen molar-refractivity contribution in [3.05, 3.63) is 18.2 Å². The third-order valence-corrected chi connectivity index (χ3v) is 4.25. The second-order valence-corrected chi connectivity index (χ2v) is 5.88. The van der Waals surface area contributed by atoms with Crippen LogP contribution < -0.4 is 20.1 Å². The van der Waals surface area contributed by atoms with Crippen molar-refractivity contribution in [2.45, 2.75) is 31.3 Å². The maximum Gasteiger partial charge on any atom is 0.319 e. The van der Waals surface area contributed by atoms with E-state index in [-0.39, 0.29) is 18.9 Å². The molecule has 1 aliphatic carbocycles. The average Bonchev–Trinajstić information content (AvgIpc) is 3.04. The Morgan fingerprint density at radius 3 is 2.90 bits per heavy atom. The Morgan fingerprint density at radius 1 is 1.19 bits per heavy atom. The van der Waals surface area contributed by atoms with E-state index in [0.29, 0.717) is 11.4 Å². The summed E-state index contributed by atoms with van der Waals surface area (Å²) in [6.07, 6.45) is 3.66. The molecule has 0 radical (unpaired) electrons. The number of hydrogen-bond donors (Lipinski definition) is 2. The van der Waals surface area contributed by atoms with E-state index < -0.39 is 0 Å². The van der Waals surface area contributed by atoms with Gasteiger partial charge in [-0.3, -0.25) is 4.90 Å². The normalized spacial score (nSPS) is 24.1. The van der Waals surface area contributed by atoms with Gasteiger partial charge >= 0.3 is 6.03 Å². The van der Waals surface area contributed by atoms with Crippen LogP contribution in [0.3, 0.4) is 0 Å². The van der Waals surface area contributed by atoms with Crippen molar-refractivity contribution < 1.29 is 14.3 Å². The van der Waals surface area contributed by atoms with Crippen LogP contribution in [0.1, 0.15) is 19.3 Å². The number of rotatable bonds is 3. The first-order valence-corrected chi connectivity index (χ1v) is 7.49. The van der Waals surface area contributed by atoms with E-state index in [4.69, 9.17) is 9.47 Å². The Balaban J connectivity index is 1.31. The van der Waals surface area contributed by atoms with Crippen LogP contribution in [0, 0.1) is 0 Å². The molecule has 1 aromatic carbocycles. The summed E-state index contributed by atoms with van der Waals surface area (Å²) in [5, 5.41) is 5.90. The van der Waals surface area contributed by atoms with Gasteiger partial charge in [0.1, 0.15) is 0 Å². The fraction of sp³-hybridized carbons (Fsp3) is 0.533. The number of amides is 2. The van der Waals surface area contributed by atoms with E-state index in [1.54, 1.807) is 6.07 Å². The van der Waals surface area contributed by atoms with Crippen LogP contribution in [-0.2, 0) is 0 Å². The molecule has 6 nitrogen and oxygen atoms in total. The number of hydrogen-bond acceptors (Lipinski definition) is 4. The number of nitrogens with one attached hydrogen (secondary N) is 2. The summed E-state index contributed by atoms with van der Waals surface area (Å²) in [5.41, 5.74) is 0.716. The van der Waals surface area contributed by atoms with Crippen molar-refractivity contribution in [3.8, 4) is 11.5 Å². The predicted molar refractivity (Wildman–Crippen MR) is 77.7 cm³/mol. The van der Waals surface area contributed by atoms with Gasteiger partial charge in [-0.1, -0.05) is 0 Å².